The SMILES string of the molecule is CSC1=C(C(C)C)C=CC(C)[C@H]1Cl. The molecule has 0 aromatic rings. The Labute approximate surface area is 90.4 Å². The molecule has 0 bridgehead atoms. The lowest BCUT2D eigenvalue weighted by molar-refractivity contribution is 0.697. The number of halogens is 1. The first-order chi connectivity index (χ1) is 6.07. The fourth-order valence-electron chi connectivity index (χ4n) is 1.54. The number of thioether (sulfide) groups is 1. The summed E-state index contributed by atoms with van der Waals surface area (Å²) in [5.74, 6) is 1.04. The molecule has 0 nitrogen and oxygen atoms in total. The van der Waals surface area contributed by atoms with Gasteiger partial charge in [-0.3, -0.25) is 0 Å². The van der Waals surface area contributed by atoms with Crippen LogP contribution in [0.3, 0.4) is 0 Å². The van der Waals surface area contributed by atoms with Gasteiger partial charge in [0.2, 0.25) is 0 Å². The molecule has 0 saturated carbocycles. The van der Waals surface area contributed by atoms with Gasteiger partial charge in [0.1, 0.15) is 0 Å². The Morgan fingerprint density at radius 2 is 2.08 bits per heavy atom. The zero-order valence-electron chi connectivity index (χ0n) is 8.67. The molecule has 0 aromatic carbocycles. The van der Waals surface area contributed by atoms with Crippen LogP contribution in [0, 0.1) is 11.8 Å². The van der Waals surface area contributed by atoms with E-state index in [1.165, 1.54) is 10.5 Å². The third-order valence-electron chi connectivity index (χ3n) is 2.42. The van der Waals surface area contributed by atoms with E-state index in [1.54, 1.807) is 11.8 Å². The van der Waals surface area contributed by atoms with Crippen LogP contribution in [0.1, 0.15) is 20.8 Å². The van der Waals surface area contributed by atoms with Gasteiger partial charge in [0, 0.05) is 4.91 Å². The van der Waals surface area contributed by atoms with Crippen molar-refractivity contribution in [2.24, 2.45) is 11.8 Å². The molecule has 0 heterocycles. The van der Waals surface area contributed by atoms with E-state index in [1.807, 2.05) is 0 Å². The van der Waals surface area contributed by atoms with Gasteiger partial charge in [0.05, 0.1) is 5.38 Å². The van der Waals surface area contributed by atoms with E-state index < -0.39 is 0 Å². The molecule has 0 aliphatic heterocycles. The van der Waals surface area contributed by atoms with Crippen molar-refractivity contribution in [1.29, 1.82) is 0 Å². The van der Waals surface area contributed by atoms with E-state index >= 15 is 0 Å². The van der Waals surface area contributed by atoms with Crippen LogP contribution < -0.4 is 0 Å². The van der Waals surface area contributed by atoms with Crippen LogP contribution in [0.15, 0.2) is 22.6 Å². The van der Waals surface area contributed by atoms with E-state index in [4.69, 9.17) is 11.6 Å². The molecular formula is C11H17ClS. The molecule has 0 saturated heterocycles. The number of rotatable bonds is 2. The Bertz CT molecular complexity index is 240. The highest BCUT2D eigenvalue weighted by Gasteiger charge is 2.23. The van der Waals surface area contributed by atoms with Crippen molar-refractivity contribution >= 4 is 23.4 Å². The van der Waals surface area contributed by atoms with Crippen LogP contribution in [0.5, 0.6) is 0 Å². The maximum Gasteiger partial charge on any atom is 0.0707 e. The third-order valence-corrected chi connectivity index (χ3v) is 4.09. The van der Waals surface area contributed by atoms with Gasteiger partial charge in [-0.15, -0.1) is 23.4 Å². The van der Waals surface area contributed by atoms with Crippen LogP contribution in [-0.2, 0) is 0 Å². The highest BCUT2D eigenvalue weighted by atomic mass is 35.5. The fraction of sp³-hybridized carbons (Fsp3) is 0.636. The minimum Gasteiger partial charge on any atom is -0.132 e. The summed E-state index contributed by atoms with van der Waals surface area (Å²) in [5.41, 5.74) is 1.41. The lowest BCUT2D eigenvalue weighted by Gasteiger charge is -2.25. The zero-order valence-corrected chi connectivity index (χ0v) is 10.2. The highest BCUT2D eigenvalue weighted by molar-refractivity contribution is 8.02. The molecule has 0 N–H and O–H groups in total. The molecule has 13 heavy (non-hydrogen) atoms. The minimum absolute atomic E-state index is 0.178. The Balaban J connectivity index is 3.00. The van der Waals surface area contributed by atoms with Crippen molar-refractivity contribution in [3.63, 3.8) is 0 Å². The van der Waals surface area contributed by atoms with Gasteiger partial charge in [-0.1, -0.05) is 32.9 Å². The molecule has 0 aromatic heterocycles. The van der Waals surface area contributed by atoms with Gasteiger partial charge < -0.3 is 0 Å². The Kier molecular flexibility index (Phi) is 3.93. The number of hydrogen-bond acceptors (Lipinski definition) is 1. The van der Waals surface area contributed by atoms with E-state index in [0.29, 0.717) is 11.8 Å². The zero-order chi connectivity index (χ0) is 10.0. The summed E-state index contributed by atoms with van der Waals surface area (Å²) in [7, 11) is 0. The Morgan fingerprint density at radius 3 is 2.54 bits per heavy atom. The van der Waals surface area contributed by atoms with E-state index in [0.717, 1.165) is 0 Å². The molecule has 2 heteroatoms. The van der Waals surface area contributed by atoms with Crippen LogP contribution in [0.4, 0.5) is 0 Å². The standard InChI is InChI=1S/C11H17ClS/c1-7(2)9-6-5-8(3)10(12)11(9)13-4/h5-8,10H,1-4H3/t8?,10-/m1/s1. The number of allylic oxidation sites excluding steroid dienone is 4. The van der Waals surface area contributed by atoms with Crippen molar-refractivity contribution in [2.45, 2.75) is 26.1 Å². The van der Waals surface area contributed by atoms with Crippen LogP contribution >= 0.6 is 23.4 Å². The lowest BCUT2D eigenvalue weighted by atomic mass is 9.92. The maximum absolute atomic E-state index is 6.34. The Morgan fingerprint density at radius 1 is 1.46 bits per heavy atom. The summed E-state index contributed by atoms with van der Waals surface area (Å²) in [6, 6.07) is 0. The van der Waals surface area contributed by atoms with Crippen molar-refractivity contribution in [3.8, 4) is 0 Å². The monoisotopic (exact) mass is 216 g/mol. The summed E-state index contributed by atoms with van der Waals surface area (Å²) < 4.78 is 0. The van der Waals surface area contributed by atoms with Crippen molar-refractivity contribution in [1.82, 2.24) is 0 Å². The second-order valence-corrected chi connectivity index (χ2v) is 5.12. The predicted octanol–water partition coefficient (Wildman–Crippen LogP) is 4.07. The minimum atomic E-state index is 0.178. The van der Waals surface area contributed by atoms with Gasteiger partial charge in [-0.05, 0) is 23.7 Å². The average Bonchev–Trinajstić information content (AvgIpc) is 2.09. The molecule has 0 fully saturated rings. The van der Waals surface area contributed by atoms with E-state index in [9.17, 15) is 0 Å². The van der Waals surface area contributed by atoms with Gasteiger partial charge in [-0.25, -0.2) is 0 Å². The van der Waals surface area contributed by atoms with Gasteiger partial charge in [0.15, 0.2) is 0 Å². The summed E-state index contributed by atoms with van der Waals surface area (Å²) in [6.45, 7) is 6.60. The topological polar surface area (TPSA) is 0 Å². The summed E-state index contributed by atoms with van der Waals surface area (Å²) in [6.07, 6.45) is 6.56. The maximum atomic E-state index is 6.34. The van der Waals surface area contributed by atoms with Crippen molar-refractivity contribution in [2.75, 3.05) is 6.26 Å². The highest BCUT2D eigenvalue weighted by Crippen LogP contribution is 2.37. The fourth-order valence-corrected chi connectivity index (χ4v) is 3.00. The molecule has 1 unspecified atom stereocenters. The first-order valence-corrected chi connectivity index (χ1v) is 6.34. The molecule has 1 rings (SSSR count). The molecule has 0 amide bonds. The summed E-state index contributed by atoms with van der Waals surface area (Å²) in [4.78, 5) is 1.35. The molecule has 1 aliphatic carbocycles. The first-order valence-electron chi connectivity index (χ1n) is 4.68. The number of alkyl halides is 1. The first kappa shape index (κ1) is 11.2. The molecular weight excluding hydrogens is 200 g/mol. The predicted molar refractivity (Wildman–Crippen MR) is 63.3 cm³/mol. The molecule has 74 valence electrons. The lowest BCUT2D eigenvalue weighted by Crippen LogP contribution is -2.17. The molecule has 0 spiro atoms. The average molecular weight is 217 g/mol. The van der Waals surface area contributed by atoms with E-state index in [-0.39, 0.29) is 5.38 Å². The summed E-state index contributed by atoms with van der Waals surface area (Å²) in [5, 5.41) is 0.178. The van der Waals surface area contributed by atoms with E-state index in [2.05, 4.69) is 39.2 Å². The molecule has 0 radical (unpaired) electrons. The van der Waals surface area contributed by atoms with Crippen LogP contribution in [-0.4, -0.2) is 11.6 Å². The normalized spacial score (nSPS) is 28.8. The van der Waals surface area contributed by atoms with Crippen molar-refractivity contribution in [3.05, 3.63) is 22.6 Å². The van der Waals surface area contributed by atoms with Gasteiger partial charge in [-0.2, -0.15) is 0 Å². The molecule has 1 aliphatic rings. The quantitative estimate of drug-likeness (QED) is 0.627. The second-order valence-electron chi connectivity index (χ2n) is 3.80. The van der Waals surface area contributed by atoms with Crippen molar-refractivity contribution < 1.29 is 0 Å². The van der Waals surface area contributed by atoms with Crippen LogP contribution in [0.2, 0.25) is 0 Å². The van der Waals surface area contributed by atoms with Gasteiger partial charge >= 0.3 is 0 Å². The smallest absolute Gasteiger partial charge is 0.0707 e. The largest absolute Gasteiger partial charge is 0.132 e. The van der Waals surface area contributed by atoms with Crippen LogP contribution in [0.25, 0.3) is 0 Å². The second kappa shape index (κ2) is 4.56. The molecule has 2 atom stereocenters. The van der Waals surface area contributed by atoms with Gasteiger partial charge in [0.25, 0.3) is 0 Å². The Hall–Kier alpha value is 0.120. The third kappa shape index (κ3) is 2.32. The summed E-state index contributed by atoms with van der Waals surface area (Å²) >= 11 is 8.13. The number of hydrogen-bond donors (Lipinski definition) is 0.